The predicted octanol–water partition coefficient (Wildman–Crippen LogP) is 1.41. The molecule has 0 radical (unpaired) electrons. The first-order chi connectivity index (χ1) is 14.2. The number of carbonyl (C=O) groups excluding carboxylic acids is 1. The molecule has 2 aromatic rings. The van der Waals surface area contributed by atoms with Crippen molar-refractivity contribution in [2.24, 2.45) is 0 Å². The van der Waals surface area contributed by atoms with E-state index in [4.69, 9.17) is 25.4 Å². The monoisotopic (exact) mass is 419 g/mol. The molecule has 1 aromatic heterocycles. The number of hydrogen-bond acceptors (Lipinski definition) is 8. The number of pyridine rings is 1. The van der Waals surface area contributed by atoms with Crippen molar-refractivity contribution in [2.45, 2.75) is 6.92 Å². The maximum Gasteiger partial charge on any atom is 0.341 e. The lowest BCUT2D eigenvalue weighted by Crippen LogP contribution is -2.25. The summed E-state index contributed by atoms with van der Waals surface area (Å²) in [5, 5.41) is 17.3. The molecule has 0 bridgehead atoms. The van der Waals surface area contributed by atoms with Gasteiger partial charge in [-0.15, -0.1) is 0 Å². The van der Waals surface area contributed by atoms with E-state index >= 15 is 0 Å². The molecule has 0 aliphatic rings. The Labute approximate surface area is 173 Å². The second-order valence-corrected chi connectivity index (χ2v) is 6.03. The highest BCUT2D eigenvalue weighted by Gasteiger charge is 2.15. The van der Waals surface area contributed by atoms with Crippen LogP contribution in [0.3, 0.4) is 0 Å². The maximum absolute atomic E-state index is 12.1. The highest BCUT2D eigenvalue weighted by atomic mass is 16.5. The van der Waals surface area contributed by atoms with Gasteiger partial charge in [-0.3, -0.25) is 9.69 Å². The van der Waals surface area contributed by atoms with E-state index in [1.807, 2.05) is 24.0 Å². The van der Waals surface area contributed by atoms with Crippen molar-refractivity contribution >= 4 is 23.5 Å². The zero-order chi connectivity index (χ0) is 22.5. The summed E-state index contributed by atoms with van der Waals surface area (Å²) in [7, 11) is 1.80. The Balaban J connectivity index is 0.000000539. The SMILES string of the molecule is CCN(C)CC(=O)c1ccc(OCC(=O)O)c(OCC(=O)O)c1.Nc1ccccn1. The van der Waals surface area contributed by atoms with Gasteiger partial charge in [-0.25, -0.2) is 14.6 Å². The highest BCUT2D eigenvalue weighted by molar-refractivity contribution is 5.98. The van der Waals surface area contributed by atoms with E-state index in [9.17, 15) is 14.4 Å². The van der Waals surface area contributed by atoms with Crippen LogP contribution in [-0.4, -0.2) is 71.2 Å². The molecule has 0 aliphatic heterocycles. The maximum atomic E-state index is 12.1. The molecule has 1 heterocycles. The van der Waals surface area contributed by atoms with Gasteiger partial charge < -0.3 is 25.4 Å². The Morgan fingerprint density at radius 1 is 1.03 bits per heavy atom. The fraction of sp³-hybridized carbons (Fsp3) is 0.300. The summed E-state index contributed by atoms with van der Waals surface area (Å²) in [5.74, 6) is -1.90. The molecule has 0 aliphatic carbocycles. The van der Waals surface area contributed by atoms with Gasteiger partial charge in [-0.05, 0) is 43.9 Å². The second-order valence-electron chi connectivity index (χ2n) is 6.03. The zero-order valence-electron chi connectivity index (χ0n) is 16.8. The molecule has 162 valence electrons. The number of nitrogens with two attached hydrogens (primary N) is 1. The second kappa shape index (κ2) is 12.7. The van der Waals surface area contributed by atoms with Crippen molar-refractivity contribution in [3.63, 3.8) is 0 Å². The number of nitrogens with zero attached hydrogens (tertiary/aromatic N) is 2. The molecule has 0 atom stereocenters. The van der Waals surface area contributed by atoms with Crippen molar-refractivity contribution in [3.8, 4) is 11.5 Å². The van der Waals surface area contributed by atoms with E-state index in [2.05, 4.69) is 4.98 Å². The topological polar surface area (TPSA) is 152 Å². The molecular formula is C20H25N3O7. The van der Waals surface area contributed by atoms with Gasteiger partial charge in [0.05, 0.1) is 6.54 Å². The number of Topliss-reactive ketones (excluding diaryl/α,β-unsaturated/α-hetero) is 1. The average Bonchev–Trinajstić information content (AvgIpc) is 2.71. The normalized spacial score (nSPS) is 9.97. The largest absolute Gasteiger partial charge is 0.479 e. The lowest BCUT2D eigenvalue weighted by atomic mass is 10.1. The van der Waals surface area contributed by atoms with E-state index in [1.165, 1.54) is 18.2 Å². The van der Waals surface area contributed by atoms with Crippen LogP contribution in [0.1, 0.15) is 17.3 Å². The fourth-order valence-corrected chi connectivity index (χ4v) is 2.02. The summed E-state index contributed by atoms with van der Waals surface area (Å²) >= 11 is 0. The zero-order valence-corrected chi connectivity index (χ0v) is 16.8. The Hall–Kier alpha value is -3.66. The van der Waals surface area contributed by atoms with Gasteiger partial charge in [0, 0.05) is 11.8 Å². The van der Waals surface area contributed by atoms with Gasteiger partial charge in [0.1, 0.15) is 5.82 Å². The number of carboxylic acid groups (broad SMARTS) is 2. The van der Waals surface area contributed by atoms with E-state index < -0.39 is 25.2 Å². The third-order valence-electron chi connectivity index (χ3n) is 3.61. The summed E-state index contributed by atoms with van der Waals surface area (Å²) in [5.41, 5.74) is 5.57. The number of likely N-dealkylation sites (N-methyl/N-ethyl adjacent to an activating group) is 1. The lowest BCUT2D eigenvalue weighted by molar-refractivity contribution is -0.140. The van der Waals surface area contributed by atoms with Gasteiger partial charge in [0.25, 0.3) is 0 Å². The molecule has 0 saturated heterocycles. The number of nitrogen functional groups attached to an aromatic ring is 1. The molecule has 10 nitrogen and oxygen atoms in total. The molecule has 0 saturated carbocycles. The van der Waals surface area contributed by atoms with Crippen molar-refractivity contribution in [2.75, 3.05) is 39.1 Å². The van der Waals surface area contributed by atoms with Crippen molar-refractivity contribution in [1.29, 1.82) is 0 Å². The number of aromatic nitrogens is 1. The summed E-state index contributed by atoms with van der Waals surface area (Å²) in [6.07, 6.45) is 1.66. The summed E-state index contributed by atoms with van der Waals surface area (Å²) in [4.78, 5) is 38.9. The molecule has 0 unspecified atom stereocenters. The minimum atomic E-state index is -1.20. The molecule has 1 aromatic carbocycles. The van der Waals surface area contributed by atoms with Crippen LogP contribution >= 0.6 is 0 Å². The van der Waals surface area contributed by atoms with Crippen LogP contribution in [0.2, 0.25) is 0 Å². The summed E-state index contributed by atoms with van der Waals surface area (Å²) in [6, 6.07) is 9.65. The van der Waals surface area contributed by atoms with Gasteiger partial charge in [-0.1, -0.05) is 13.0 Å². The molecule has 30 heavy (non-hydrogen) atoms. The molecule has 0 amide bonds. The number of ketones is 1. The molecular weight excluding hydrogens is 394 g/mol. The number of aliphatic carboxylic acids is 2. The van der Waals surface area contributed by atoms with Crippen LogP contribution in [0, 0.1) is 0 Å². The number of anilines is 1. The summed E-state index contributed by atoms with van der Waals surface area (Å²) < 4.78 is 10.1. The predicted molar refractivity (Wildman–Crippen MR) is 109 cm³/mol. The van der Waals surface area contributed by atoms with Crippen LogP contribution < -0.4 is 15.2 Å². The van der Waals surface area contributed by atoms with Crippen LogP contribution in [0.15, 0.2) is 42.6 Å². The standard InChI is InChI=1S/C15H19NO7.C5H6N2/c1-3-16(2)7-11(17)10-4-5-12(22-8-14(18)19)13(6-10)23-9-15(20)21;6-5-3-1-2-4-7-5/h4-6H,3,7-9H2,1-2H3,(H,18,19)(H,20,21);1-4H,(H2,6,7). The van der Waals surface area contributed by atoms with Crippen molar-refractivity contribution in [1.82, 2.24) is 9.88 Å². The summed E-state index contributed by atoms with van der Waals surface area (Å²) in [6.45, 7) is 1.58. The number of carboxylic acids is 2. The van der Waals surface area contributed by atoms with Gasteiger partial charge >= 0.3 is 11.9 Å². The Morgan fingerprint density at radius 2 is 1.67 bits per heavy atom. The van der Waals surface area contributed by atoms with Crippen LogP contribution in [-0.2, 0) is 9.59 Å². The van der Waals surface area contributed by atoms with Crippen LogP contribution in [0.4, 0.5) is 5.82 Å². The van der Waals surface area contributed by atoms with E-state index in [0.717, 1.165) is 0 Å². The minimum absolute atomic E-state index is 0.0126. The third-order valence-corrected chi connectivity index (χ3v) is 3.61. The molecule has 4 N–H and O–H groups in total. The fourth-order valence-electron chi connectivity index (χ4n) is 2.02. The van der Waals surface area contributed by atoms with E-state index in [-0.39, 0.29) is 23.8 Å². The number of carbonyl (C=O) groups is 3. The van der Waals surface area contributed by atoms with E-state index in [1.54, 1.807) is 19.3 Å². The number of benzene rings is 1. The Bertz CT molecular complexity index is 844. The average molecular weight is 419 g/mol. The van der Waals surface area contributed by atoms with Crippen molar-refractivity contribution < 1.29 is 34.1 Å². The van der Waals surface area contributed by atoms with Gasteiger partial charge in [-0.2, -0.15) is 0 Å². The van der Waals surface area contributed by atoms with Gasteiger partial charge in [0.15, 0.2) is 30.5 Å². The smallest absolute Gasteiger partial charge is 0.341 e. The minimum Gasteiger partial charge on any atom is -0.479 e. The number of ether oxygens (including phenoxy) is 2. The first-order valence-electron chi connectivity index (χ1n) is 8.94. The quantitative estimate of drug-likeness (QED) is 0.482. The van der Waals surface area contributed by atoms with Crippen LogP contribution in [0.5, 0.6) is 11.5 Å². The molecule has 0 fully saturated rings. The lowest BCUT2D eigenvalue weighted by Gasteiger charge is -2.14. The van der Waals surface area contributed by atoms with E-state index in [0.29, 0.717) is 17.9 Å². The van der Waals surface area contributed by atoms with Gasteiger partial charge in [0.2, 0.25) is 0 Å². The molecule has 2 rings (SSSR count). The Kier molecular flexibility index (Phi) is 10.3. The number of rotatable bonds is 10. The molecule has 10 heteroatoms. The highest BCUT2D eigenvalue weighted by Crippen LogP contribution is 2.28. The Morgan fingerprint density at radius 3 is 2.13 bits per heavy atom. The first-order valence-corrected chi connectivity index (χ1v) is 8.94. The van der Waals surface area contributed by atoms with Crippen molar-refractivity contribution in [3.05, 3.63) is 48.2 Å². The van der Waals surface area contributed by atoms with Crippen LogP contribution in [0.25, 0.3) is 0 Å². The number of hydrogen-bond donors (Lipinski definition) is 3. The molecule has 0 spiro atoms. The first kappa shape index (κ1) is 24.4. The third kappa shape index (κ3) is 9.51.